The Morgan fingerprint density at radius 1 is 1.47 bits per heavy atom. The van der Waals surface area contributed by atoms with E-state index in [1.54, 1.807) is 0 Å². The zero-order valence-corrected chi connectivity index (χ0v) is 11.2. The molecule has 2 N–H and O–H groups in total. The van der Waals surface area contributed by atoms with Gasteiger partial charge < -0.3 is 10.6 Å². The molecule has 2 heterocycles. The molecule has 0 bridgehead atoms. The van der Waals surface area contributed by atoms with Crippen LogP contribution in [0, 0.1) is 13.8 Å². The summed E-state index contributed by atoms with van der Waals surface area (Å²) >= 11 is 0. The highest BCUT2D eigenvalue weighted by Gasteiger charge is 2.26. The molecule has 0 saturated carbocycles. The van der Waals surface area contributed by atoms with Crippen molar-refractivity contribution in [1.29, 1.82) is 0 Å². The highest BCUT2D eigenvalue weighted by Crippen LogP contribution is 2.30. The van der Waals surface area contributed by atoms with Crippen LogP contribution in [0.25, 0.3) is 0 Å². The zero-order valence-electron chi connectivity index (χ0n) is 11.2. The van der Waals surface area contributed by atoms with Gasteiger partial charge in [0.2, 0.25) is 0 Å². The van der Waals surface area contributed by atoms with Gasteiger partial charge in [0.05, 0.1) is 0 Å². The van der Waals surface area contributed by atoms with Gasteiger partial charge in [-0.25, -0.2) is 4.98 Å². The molecule has 0 aromatic carbocycles. The Labute approximate surface area is 104 Å². The van der Waals surface area contributed by atoms with E-state index in [-0.39, 0.29) is 0 Å². The molecule has 1 aromatic heterocycles. The summed E-state index contributed by atoms with van der Waals surface area (Å²) in [6, 6.07) is 2.77. The highest BCUT2D eigenvalue weighted by molar-refractivity contribution is 5.53. The molecule has 0 aliphatic carbocycles. The second kappa shape index (κ2) is 5.05. The Kier molecular flexibility index (Phi) is 3.67. The molecule has 1 atom stereocenters. The maximum Gasteiger partial charge on any atom is 0.133 e. The molecular weight excluding hydrogens is 210 g/mol. The minimum Gasteiger partial charge on any atom is -0.353 e. The van der Waals surface area contributed by atoms with E-state index in [1.807, 2.05) is 0 Å². The van der Waals surface area contributed by atoms with Gasteiger partial charge >= 0.3 is 0 Å². The van der Waals surface area contributed by atoms with E-state index in [2.05, 4.69) is 31.7 Å². The number of hydrogen-bond donors (Lipinski definition) is 1. The van der Waals surface area contributed by atoms with E-state index in [1.165, 1.54) is 30.4 Å². The van der Waals surface area contributed by atoms with E-state index in [4.69, 9.17) is 10.7 Å². The highest BCUT2D eigenvalue weighted by atomic mass is 15.2. The maximum atomic E-state index is 5.89. The number of nitrogens with zero attached hydrogens (tertiary/aromatic N) is 2. The summed E-state index contributed by atoms with van der Waals surface area (Å²) in [5.41, 5.74) is 9.48. The summed E-state index contributed by atoms with van der Waals surface area (Å²) < 4.78 is 0. The predicted molar refractivity (Wildman–Crippen MR) is 72.3 cm³/mol. The van der Waals surface area contributed by atoms with E-state index < -0.39 is 0 Å². The van der Waals surface area contributed by atoms with Crippen molar-refractivity contribution in [2.24, 2.45) is 5.73 Å². The standard InChI is InChI=1S/C14H23N3/c1-4-12-6-5-7-17(12)14-13(9-15)10(2)8-11(3)16-14/h8,12H,4-7,9,15H2,1-3H3. The lowest BCUT2D eigenvalue weighted by Crippen LogP contribution is -2.31. The van der Waals surface area contributed by atoms with Crippen LogP contribution < -0.4 is 10.6 Å². The van der Waals surface area contributed by atoms with Crippen LogP contribution in [0.5, 0.6) is 0 Å². The van der Waals surface area contributed by atoms with Gasteiger partial charge in [0.1, 0.15) is 5.82 Å². The second-order valence-electron chi connectivity index (χ2n) is 4.98. The summed E-state index contributed by atoms with van der Waals surface area (Å²) in [4.78, 5) is 7.19. The molecule has 0 amide bonds. The molecule has 0 spiro atoms. The first-order valence-corrected chi connectivity index (χ1v) is 6.61. The minimum absolute atomic E-state index is 0.585. The van der Waals surface area contributed by atoms with E-state index in [0.29, 0.717) is 12.6 Å². The fourth-order valence-corrected chi connectivity index (χ4v) is 2.87. The van der Waals surface area contributed by atoms with Gasteiger partial charge in [-0.2, -0.15) is 0 Å². The summed E-state index contributed by atoms with van der Waals surface area (Å²) in [6.45, 7) is 8.17. The van der Waals surface area contributed by atoms with Crippen LogP contribution in [0.15, 0.2) is 6.07 Å². The van der Waals surface area contributed by atoms with Crippen molar-refractivity contribution >= 4 is 5.82 Å². The molecule has 1 aromatic rings. The van der Waals surface area contributed by atoms with Crippen molar-refractivity contribution in [3.63, 3.8) is 0 Å². The Bertz CT molecular complexity index is 401. The van der Waals surface area contributed by atoms with Gasteiger partial charge in [0, 0.05) is 30.4 Å². The third-order valence-corrected chi connectivity index (χ3v) is 3.78. The van der Waals surface area contributed by atoms with E-state index in [0.717, 1.165) is 18.1 Å². The maximum absolute atomic E-state index is 5.89. The average molecular weight is 233 g/mol. The Balaban J connectivity index is 2.42. The summed E-state index contributed by atoms with van der Waals surface area (Å²) in [5.74, 6) is 1.13. The van der Waals surface area contributed by atoms with Crippen LogP contribution in [0.3, 0.4) is 0 Å². The lowest BCUT2D eigenvalue weighted by molar-refractivity contribution is 0.637. The molecule has 3 heteroatoms. The zero-order chi connectivity index (χ0) is 12.4. The Morgan fingerprint density at radius 2 is 2.24 bits per heavy atom. The lowest BCUT2D eigenvalue weighted by atomic mass is 10.1. The smallest absolute Gasteiger partial charge is 0.133 e. The van der Waals surface area contributed by atoms with Crippen LogP contribution in [0.1, 0.15) is 43.0 Å². The van der Waals surface area contributed by atoms with Crippen LogP contribution in [-0.4, -0.2) is 17.6 Å². The monoisotopic (exact) mass is 233 g/mol. The quantitative estimate of drug-likeness (QED) is 0.872. The summed E-state index contributed by atoms with van der Waals surface area (Å²) in [6.07, 6.45) is 3.76. The molecule has 1 unspecified atom stereocenters. The molecule has 1 fully saturated rings. The molecule has 94 valence electrons. The fraction of sp³-hybridized carbons (Fsp3) is 0.643. The number of anilines is 1. The van der Waals surface area contributed by atoms with Gasteiger partial charge in [0.15, 0.2) is 0 Å². The average Bonchev–Trinajstić information content (AvgIpc) is 2.75. The number of nitrogens with two attached hydrogens (primary N) is 1. The molecule has 2 rings (SSSR count). The Morgan fingerprint density at radius 3 is 2.88 bits per heavy atom. The normalized spacial score (nSPS) is 20.0. The van der Waals surface area contributed by atoms with Gasteiger partial charge in [-0.1, -0.05) is 6.92 Å². The van der Waals surface area contributed by atoms with Crippen molar-refractivity contribution in [2.75, 3.05) is 11.4 Å². The first-order chi connectivity index (χ1) is 8.17. The largest absolute Gasteiger partial charge is 0.353 e. The van der Waals surface area contributed by atoms with Crippen molar-refractivity contribution < 1.29 is 0 Å². The minimum atomic E-state index is 0.585. The third kappa shape index (κ3) is 2.29. The molecule has 0 radical (unpaired) electrons. The van der Waals surface area contributed by atoms with Gasteiger partial charge in [-0.05, 0) is 44.7 Å². The van der Waals surface area contributed by atoms with Crippen molar-refractivity contribution in [2.45, 2.75) is 52.6 Å². The lowest BCUT2D eigenvalue weighted by Gasteiger charge is -2.28. The molecule has 1 aliphatic heterocycles. The van der Waals surface area contributed by atoms with E-state index in [9.17, 15) is 0 Å². The second-order valence-corrected chi connectivity index (χ2v) is 4.98. The SMILES string of the molecule is CCC1CCCN1c1nc(C)cc(C)c1CN. The van der Waals surface area contributed by atoms with Crippen molar-refractivity contribution in [1.82, 2.24) is 4.98 Å². The first kappa shape index (κ1) is 12.4. The van der Waals surface area contributed by atoms with Gasteiger partial charge in [-0.15, -0.1) is 0 Å². The fourth-order valence-electron chi connectivity index (χ4n) is 2.87. The first-order valence-electron chi connectivity index (χ1n) is 6.61. The van der Waals surface area contributed by atoms with Crippen molar-refractivity contribution in [3.8, 4) is 0 Å². The molecule has 3 nitrogen and oxygen atoms in total. The van der Waals surface area contributed by atoms with Crippen molar-refractivity contribution in [3.05, 3.63) is 22.9 Å². The molecule has 17 heavy (non-hydrogen) atoms. The third-order valence-electron chi connectivity index (χ3n) is 3.78. The van der Waals surface area contributed by atoms with Crippen LogP contribution in [0.2, 0.25) is 0 Å². The number of aryl methyl sites for hydroxylation is 2. The van der Waals surface area contributed by atoms with Crippen LogP contribution >= 0.6 is 0 Å². The summed E-state index contributed by atoms with van der Waals surface area (Å²) in [5, 5.41) is 0. The number of hydrogen-bond acceptors (Lipinski definition) is 3. The number of pyridine rings is 1. The summed E-state index contributed by atoms with van der Waals surface area (Å²) in [7, 11) is 0. The molecule has 1 aliphatic rings. The van der Waals surface area contributed by atoms with Gasteiger partial charge in [-0.3, -0.25) is 0 Å². The van der Waals surface area contributed by atoms with Gasteiger partial charge in [0.25, 0.3) is 0 Å². The molecule has 1 saturated heterocycles. The molecular formula is C14H23N3. The van der Waals surface area contributed by atoms with Crippen LogP contribution in [-0.2, 0) is 6.54 Å². The van der Waals surface area contributed by atoms with E-state index >= 15 is 0 Å². The number of rotatable bonds is 3. The predicted octanol–water partition coefficient (Wildman–Crippen LogP) is 2.54. The van der Waals surface area contributed by atoms with Crippen LogP contribution in [0.4, 0.5) is 5.82 Å². The number of aromatic nitrogens is 1. The Hall–Kier alpha value is -1.09. The topological polar surface area (TPSA) is 42.2 Å².